The van der Waals surface area contributed by atoms with Crippen molar-refractivity contribution in [3.05, 3.63) is 35.9 Å². The fraction of sp³-hybridized carbons (Fsp3) is 0.529. The molecular formula is C17H24N6O2S. The quantitative estimate of drug-likeness (QED) is 0.726. The van der Waals surface area contributed by atoms with Gasteiger partial charge in [-0.15, -0.1) is 0 Å². The maximum atomic E-state index is 11.5. The Bertz CT molecular complexity index is 904. The number of nitrogens with two attached hydrogens (primary N) is 1. The van der Waals surface area contributed by atoms with Crippen molar-refractivity contribution in [1.29, 1.82) is 0 Å². The normalized spacial score (nSPS) is 26.3. The zero-order valence-electron chi connectivity index (χ0n) is 14.9. The monoisotopic (exact) mass is 376 g/mol. The molecule has 140 valence electrons. The van der Waals surface area contributed by atoms with Crippen LogP contribution < -0.4 is 16.0 Å². The highest BCUT2D eigenvalue weighted by Crippen LogP contribution is 2.40. The molecule has 0 radical (unpaired) electrons. The first-order valence-corrected chi connectivity index (χ1v) is 10.5. The molecule has 4 rings (SSSR count). The summed E-state index contributed by atoms with van der Waals surface area (Å²) in [6.45, 7) is 4.36. The van der Waals surface area contributed by atoms with Gasteiger partial charge in [0.05, 0.1) is 16.6 Å². The minimum Gasteiger partial charge on any atom is -0.254 e. The highest BCUT2D eigenvalue weighted by atomic mass is 32.2. The Morgan fingerprint density at radius 2 is 1.92 bits per heavy atom. The highest BCUT2D eigenvalue weighted by molar-refractivity contribution is 7.89. The number of hydrazine groups is 1. The van der Waals surface area contributed by atoms with E-state index in [1.165, 1.54) is 12.1 Å². The van der Waals surface area contributed by atoms with Crippen molar-refractivity contribution in [2.24, 2.45) is 11.1 Å². The summed E-state index contributed by atoms with van der Waals surface area (Å²) in [5, 5.41) is 9.92. The first-order valence-electron chi connectivity index (χ1n) is 8.99. The lowest BCUT2D eigenvalue weighted by molar-refractivity contribution is 0.428. The van der Waals surface area contributed by atoms with E-state index in [-0.39, 0.29) is 10.9 Å². The number of benzene rings is 1. The van der Waals surface area contributed by atoms with Crippen molar-refractivity contribution in [2.45, 2.75) is 56.0 Å². The maximum absolute atomic E-state index is 11.5. The molecule has 9 heteroatoms. The van der Waals surface area contributed by atoms with Crippen LogP contribution >= 0.6 is 0 Å². The van der Waals surface area contributed by atoms with Crippen molar-refractivity contribution in [1.82, 2.24) is 25.6 Å². The van der Waals surface area contributed by atoms with Gasteiger partial charge >= 0.3 is 0 Å². The Morgan fingerprint density at radius 3 is 2.46 bits per heavy atom. The van der Waals surface area contributed by atoms with E-state index in [4.69, 9.17) is 15.2 Å². The van der Waals surface area contributed by atoms with E-state index >= 15 is 0 Å². The van der Waals surface area contributed by atoms with Gasteiger partial charge < -0.3 is 0 Å². The summed E-state index contributed by atoms with van der Waals surface area (Å²) in [5.74, 6) is 2.51. The predicted molar refractivity (Wildman–Crippen MR) is 97.0 cm³/mol. The third-order valence-electron chi connectivity index (χ3n) is 5.30. The van der Waals surface area contributed by atoms with Gasteiger partial charge in [-0.1, -0.05) is 13.8 Å². The number of hydrogen-bond acceptors (Lipinski definition) is 6. The topological polar surface area (TPSA) is 115 Å². The predicted octanol–water partition coefficient (Wildman–Crippen LogP) is 1.36. The van der Waals surface area contributed by atoms with Crippen molar-refractivity contribution in [2.75, 3.05) is 0 Å². The molecule has 1 aliphatic carbocycles. The lowest BCUT2D eigenvalue weighted by atomic mass is 9.94. The van der Waals surface area contributed by atoms with E-state index in [2.05, 4.69) is 24.7 Å². The van der Waals surface area contributed by atoms with Gasteiger partial charge in [0.2, 0.25) is 10.0 Å². The molecule has 1 saturated heterocycles. The third-order valence-corrected chi connectivity index (χ3v) is 6.23. The standard InChI is InChI=1S/C17H24N6O2S/c1-3-14-10(2)15(21-20-14)17-19-16(11-4-5-11)22-23(17)12-6-8-13(9-7-12)26(18,24)25/h6-11,14-15,20-21H,3-5H2,1-2H3,(H2,18,24,25). The van der Waals surface area contributed by atoms with Crippen LogP contribution in [0.5, 0.6) is 0 Å². The zero-order valence-corrected chi connectivity index (χ0v) is 15.7. The van der Waals surface area contributed by atoms with E-state index in [1.54, 1.807) is 12.1 Å². The number of primary sulfonamides is 1. The van der Waals surface area contributed by atoms with Crippen molar-refractivity contribution < 1.29 is 8.42 Å². The average molecular weight is 376 g/mol. The minimum absolute atomic E-state index is 0.0397. The first-order chi connectivity index (χ1) is 12.4. The van der Waals surface area contributed by atoms with E-state index in [0.717, 1.165) is 36.6 Å². The fourth-order valence-corrected chi connectivity index (χ4v) is 4.00. The van der Waals surface area contributed by atoms with Gasteiger partial charge in [-0.3, -0.25) is 5.43 Å². The van der Waals surface area contributed by atoms with Gasteiger partial charge in [-0.25, -0.2) is 28.6 Å². The van der Waals surface area contributed by atoms with E-state index in [0.29, 0.717) is 17.9 Å². The third kappa shape index (κ3) is 3.16. The van der Waals surface area contributed by atoms with E-state index in [9.17, 15) is 8.42 Å². The van der Waals surface area contributed by atoms with Crippen molar-refractivity contribution in [3.63, 3.8) is 0 Å². The van der Waals surface area contributed by atoms with Crippen LogP contribution in [0, 0.1) is 5.92 Å². The van der Waals surface area contributed by atoms with Gasteiger partial charge in [0, 0.05) is 12.0 Å². The Kier molecular flexibility index (Phi) is 4.34. The molecule has 2 aliphatic rings. The molecule has 1 aromatic carbocycles. The summed E-state index contributed by atoms with van der Waals surface area (Å²) in [6, 6.07) is 6.87. The van der Waals surface area contributed by atoms with Crippen LogP contribution in [0.1, 0.15) is 56.7 Å². The van der Waals surface area contributed by atoms with Crippen LogP contribution in [0.25, 0.3) is 5.69 Å². The van der Waals surface area contributed by atoms with Crippen molar-refractivity contribution >= 4 is 10.0 Å². The van der Waals surface area contributed by atoms with Crippen LogP contribution in [0.2, 0.25) is 0 Å². The maximum Gasteiger partial charge on any atom is 0.238 e. The second kappa shape index (κ2) is 6.41. The highest BCUT2D eigenvalue weighted by Gasteiger charge is 2.37. The molecule has 4 N–H and O–H groups in total. The smallest absolute Gasteiger partial charge is 0.238 e. The Morgan fingerprint density at radius 1 is 1.23 bits per heavy atom. The van der Waals surface area contributed by atoms with E-state index < -0.39 is 10.0 Å². The molecule has 1 aliphatic heterocycles. The van der Waals surface area contributed by atoms with Crippen LogP contribution in [-0.4, -0.2) is 29.2 Å². The van der Waals surface area contributed by atoms with Gasteiger partial charge in [-0.05, 0) is 49.4 Å². The average Bonchev–Trinajstić information content (AvgIpc) is 3.26. The van der Waals surface area contributed by atoms with Crippen LogP contribution in [-0.2, 0) is 10.0 Å². The first kappa shape index (κ1) is 17.6. The van der Waals surface area contributed by atoms with Crippen LogP contribution in [0.15, 0.2) is 29.2 Å². The number of rotatable bonds is 5. The number of aromatic nitrogens is 3. The molecule has 1 saturated carbocycles. The molecule has 26 heavy (non-hydrogen) atoms. The van der Waals surface area contributed by atoms with Gasteiger partial charge in [0.1, 0.15) is 0 Å². The number of sulfonamides is 1. The molecule has 2 fully saturated rings. The molecule has 0 spiro atoms. The lowest BCUT2D eigenvalue weighted by Crippen LogP contribution is -2.31. The molecule has 8 nitrogen and oxygen atoms in total. The Hall–Kier alpha value is -1.81. The molecule has 1 aromatic heterocycles. The minimum atomic E-state index is -3.71. The fourth-order valence-electron chi connectivity index (χ4n) is 3.49. The summed E-state index contributed by atoms with van der Waals surface area (Å²) in [7, 11) is -3.71. The lowest BCUT2D eigenvalue weighted by Gasteiger charge is -2.17. The van der Waals surface area contributed by atoms with E-state index in [1.807, 2.05) is 4.68 Å². The molecule has 2 heterocycles. The van der Waals surface area contributed by atoms with Gasteiger partial charge in [0.25, 0.3) is 0 Å². The SMILES string of the molecule is CCC1NNC(c2nc(C3CC3)nn2-c2ccc(S(N)(=O)=O)cc2)C1C. The summed E-state index contributed by atoms with van der Waals surface area (Å²) in [5.41, 5.74) is 7.47. The van der Waals surface area contributed by atoms with Crippen LogP contribution in [0.3, 0.4) is 0 Å². The second-order valence-corrected chi connectivity index (χ2v) is 8.75. The summed E-state index contributed by atoms with van der Waals surface area (Å²) in [6.07, 6.45) is 3.27. The molecule has 3 atom stereocenters. The Balaban J connectivity index is 1.73. The summed E-state index contributed by atoms with van der Waals surface area (Å²) >= 11 is 0. The number of nitrogens with zero attached hydrogens (tertiary/aromatic N) is 3. The van der Waals surface area contributed by atoms with Crippen LogP contribution in [0.4, 0.5) is 0 Å². The van der Waals surface area contributed by atoms with Gasteiger partial charge in [-0.2, -0.15) is 5.10 Å². The molecular weight excluding hydrogens is 352 g/mol. The van der Waals surface area contributed by atoms with Gasteiger partial charge in [0.15, 0.2) is 11.6 Å². The summed E-state index contributed by atoms with van der Waals surface area (Å²) < 4.78 is 24.8. The number of nitrogens with one attached hydrogen (secondary N) is 2. The molecule has 2 aromatic rings. The molecule has 0 bridgehead atoms. The van der Waals surface area contributed by atoms with Crippen molar-refractivity contribution in [3.8, 4) is 5.69 Å². The molecule has 0 amide bonds. The zero-order chi connectivity index (χ0) is 18.5. The second-order valence-electron chi connectivity index (χ2n) is 7.19. The Labute approximate surface area is 153 Å². The summed E-state index contributed by atoms with van der Waals surface area (Å²) in [4.78, 5) is 4.92. The largest absolute Gasteiger partial charge is 0.254 e. The number of hydrogen-bond donors (Lipinski definition) is 3. The molecule has 3 unspecified atom stereocenters.